The number of para-hydroxylation sites is 1. The number of nitrogens with zero attached hydrogens (tertiary/aromatic N) is 2. The molecule has 1 aliphatic rings. The zero-order valence-corrected chi connectivity index (χ0v) is 25.7. The molecule has 0 radical (unpaired) electrons. The van der Waals surface area contributed by atoms with Gasteiger partial charge in [-0.15, -0.1) is 0 Å². The summed E-state index contributed by atoms with van der Waals surface area (Å²) in [6.07, 6.45) is 0. The lowest BCUT2D eigenvalue weighted by atomic mass is 9.78. The lowest BCUT2D eigenvalue weighted by molar-refractivity contribution is 0.662. The van der Waals surface area contributed by atoms with Gasteiger partial charge in [0.2, 0.25) is 0 Å². The average Bonchev–Trinajstić information content (AvgIpc) is 3.61. The second-order valence-electron chi connectivity index (χ2n) is 12.6. The minimum absolute atomic E-state index is 0.172. The van der Waals surface area contributed by atoms with Crippen molar-refractivity contribution in [2.75, 3.05) is 0 Å². The summed E-state index contributed by atoms with van der Waals surface area (Å²) in [7, 11) is 0. The van der Waals surface area contributed by atoms with Crippen molar-refractivity contribution < 1.29 is 4.42 Å². The number of rotatable bonds is 4. The molecule has 46 heavy (non-hydrogen) atoms. The molecule has 1 aliphatic carbocycles. The molecule has 3 nitrogen and oxygen atoms in total. The van der Waals surface area contributed by atoms with Gasteiger partial charge in [-0.1, -0.05) is 135 Å². The molecule has 0 unspecified atom stereocenters. The van der Waals surface area contributed by atoms with Gasteiger partial charge in [0.1, 0.15) is 11.2 Å². The molecule has 218 valence electrons. The van der Waals surface area contributed by atoms with Gasteiger partial charge in [-0.2, -0.15) is 0 Å². The first-order chi connectivity index (χ1) is 22.6. The fourth-order valence-electron chi connectivity index (χ4n) is 7.36. The molecule has 2 aromatic heterocycles. The highest BCUT2D eigenvalue weighted by molar-refractivity contribution is 6.14. The van der Waals surface area contributed by atoms with Crippen LogP contribution >= 0.6 is 0 Å². The zero-order valence-electron chi connectivity index (χ0n) is 25.7. The molecule has 2 heterocycles. The van der Waals surface area contributed by atoms with Crippen LogP contribution in [0.5, 0.6) is 0 Å². The van der Waals surface area contributed by atoms with Crippen LogP contribution in [0.1, 0.15) is 25.0 Å². The highest BCUT2D eigenvalue weighted by Gasteiger charge is 2.37. The molecule has 0 saturated carbocycles. The van der Waals surface area contributed by atoms with Crippen molar-refractivity contribution in [3.63, 3.8) is 0 Å². The minimum Gasteiger partial charge on any atom is -0.456 e. The molecular formula is C43H30N2O. The van der Waals surface area contributed by atoms with Crippen LogP contribution in [0.2, 0.25) is 0 Å². The Bertz CT molecular complexity index is 2380. The molecule has 0 N–H and O–H groups in total. The van der Waals surface area contributed by atoms with Crippen molar-refractivity contribution in [2.45, 2.75) is 19.3 Å². The van der Waals surface area contributed by atoms with Crippen molar-refractivity contribution >= 4 is 21.9 Å². The first-order valence-corrected chi connectivity index (χ1v) is 15.8. The number of fused-ring (bicyclic) bond motifs is 6. The molecule has 6 aromatic carbocycles. The van der Waals surface area contributed by atoms with E-state index in [2.05, 4.69) is 111 Å². The molecule has 0 fully saturated rings. The summed E-state index contributed by atoms with van der Waals surface area (Å²) in [5.74, 6) is 0.666. The summed E-state index contributed by atoms with van der Waals surface area (Å²) < 4.78 is 6.58. The average molecular weight is 591 g/mol. The van der Waals surface area contributed by atoms with Gasteiger partial charge in [-0.3, -0.25) is 0 Å². The summed E-state index contributed by atoms with van der Waals surface area (Å²) in [4.78, 5) is 10.4. The lowest BCUT2D eigenvalue weighted by Crippen LogP contribution is -2.16. The van der Waals surface area contributed by atoms with E-state index in [9.17, 15) is 0 Å². The van der Waals surface area contributed by atoms with Crippen LogP contribution in [0.25, 0.3) is 78.1 Å². The lowest BCUT2D eigenvalue weighted by Gasteiger charge is -2.25. The van der Waals surface area contributed by atoms with Crippen molar-refractivity contribution in [1.82, 2.24) is 9.97 Å². The third-order valence-electron chi connectivity index (χ3n) is 9.47. The Kier molecular flexibility index (Phi) is 5.85. The number of benzene rings is 6. The Morgan fingerprint density at radius 1 is 0.478 bits per heavy atom. The van der Waals surface area contributed by atoms with Crippen LogP contribution in [0.15, 0.2) is 150 Å². The van der Waals surface area contributed by atoms with E-state index in [0.717, 1.165) is 55.6 Å². The third-order valence-corrected chi connectivity index (χ3v) is 9.47. The Morgan fingerprint density at radius 2 is 1.07 bits per heavy atom. The molecule has 0 spiro atoms. The van der Waals surface area contributed by atoms with Gasteiger partial charge in [0.15, 0.2) is 5.82 Å². The zero-order chi connectivity index (χ0) is 30.8. The predicted octanol–water partition coefficient (Wildman–Crippen LogP) is 11.4. The van der Waals surface area contributed by atoms with E-state index in [1.807, 2.05) is 48.5 Å². The van der Waals surface area contributed by atoms with Crippen LogP contribution in [0, 0.1) is 0 Å². The van der Waals surface area contributed by atoms with Gasteiger partial charge in [-0.25, -0.2) is 9.97 Å². The Hall–Kier alpha value is -5.80. The number of furan rings is 1. The van der Waals surface area contributed by atoms with Gasteiger partial charge < -0.3 is 4.42 Å². The van der Waals surface area contributed by atoms with Crippen LogP contribution in [0.3, 0.4) is 0 Å². The third kappa shape index (κ3) is 4.05. The summed E-state index contributed by atoms with van der Waals surface area (Å²) in [6.45, 7) is 4.68. The predicted molar refractivity (Wildman–Crippen MR) is 189 cm³/mol. The summed E-state index contributed by atoms with van der Waals surface area (Å²) in [5.41, 5.74) is 13.9. The monoisotopic (exact) mass is 590 g/mol. The maximum Gasteiger partial charge on any atom is 0.160 e. The molecular weight excluding hydrogens is 560 g/mol. The summed E-state index contributed by atoms with van der Waals surface area (Å²) in [6, 6.07) is 51.0. The minimum atomic E-state index is -0.172. The second kappa shape index (κ2) is 10.1. The first kappa shape index (κ1) is 26.6. The number of hydrogen-bond donors (Lipinski definition) is 0. The number of aromatic nitrogens is 2. The topological polar surface area (TPSA) is 38.9 Å². The maximum atomic E-state index is 6.58. The largest absolute Gasteiger partial charge is 0.456 e. The molecule has 8 aromatic rings. The van der Waals surface area contributed by atoms with Crippen LogP contribution in [-0.4, -0.2) is 9.97 Å². The van der Waals surface area contributed by atoms with E-state index >= 15 is 0 Å². The molecule has 0 bridgehead atoms. The van der Waals surface area contributed by atoms with E-state index in [-0.39, 0.29) is 5.41 Å². The summed E-state index contributed by atoms with van der Waals surface area (Å²) in [5, 5.41) is 2.22. The van der Waals surface area contributed by atoms with Gasteiger partial charge in [0.05, 0.1) is 11.4 Å². The molecule has 9 rings (SSSR count). The van der Waals surface area contributed by atoms with Crippen LogP contribution in [0.4, 0.5) is 0 Å². The number of hydrogen-bond acceptors (Lipinski definition) is 3. The highest BCUT2D eigenvalue weighted by atomic mass is 16.3. The fourth-order valence-corrected chi connectivity index (χ4v) is 7.36. The van der Waals surface area contributed by atoms with Crippen LogP contribution < -0.4 is 0 Å². The van der Waals surface area contributed by atoms with E-state index in [0.29, 0.717) is 5.82 Å². The van der Waals surface area contributed by atoms with E-state index in [1.165, 1.54) is 27.8 Å². The molecule has 0 saturated heterocycles. The van der Waals surface area contributed by atoms with E-state index < -0.39 is 0 Å². The van der Waals surface area contributed by atoms with Gasteiger partial charge in [0.25, 0.3) is 0 Å². The highest BCUT2D eigenvalue weighted by Crippen LogP contribution is 2.53. The van der Waals surface area contributed by atoms with Crippen molar-refractivity contribution in [3.05, 3.63) is 157 Å². The second-order valence-corrected chi connectivity index (χ2v) is 12.6. The first-order valence-electron chi connectivity index (χ1n) is 15.8. The fraction of sp³-hybridized carbons (Fsp3) is 0.0698. The van der Waals surface area contributed by atoms with Gasteiger partial charge in [-0.05, 0) is 57.6 Å². The Morgan fingerprint density at radius 3 is 1.78 bits per heavy atom. The molecule has 0 atom stereocenters. The van der Waals surface area contributed by atoms with E-state index in [4.69, 9.17) is 14.4 Å². The SMILES string of the molecule is CC1(C)c2ccccc2-c2cccc(-c3cc(-c4nc(-c5ccccc5)cc(-c5ccccc5)n4)cc4oc5ccccc5c34)c21. The molecule has 3 heteroatoms. The quantitative estimate of drug-likeness (QED) is 0.205. The smallest absolute Gasteiger partial charge is 0.160 e. The van der Waals surface area contributed by atoms with Crippen LogP contribution in [-0.2, 0) is 5.41 Å². The van der Waals surface area contributed by atoms with Crippen molar-refractivity contribution in [1.29, 1.82) is 0 Å². The van der Waals surface area contributed by atoms with Gasteiger partial charge in [0, 0.05) is 32.9 Å². The molecule has 0 amide bonds. The summed E-state index contributed by atoms with van der Waals surface area (Å²) >= 11 is 0. The molecule has 0 aliphatic heterocycles. The Labute approximate surface area is 267 Å². The van der Waals surface area contributed by atoms with Crippen molar-refractivity contribution in [3.8, 4) is 56.2 Å². The standard InChI is InChI=1S/C43H30N2O/c1-43(2)35-22-11-9-18-30(35)31-20-13-21-32(41(31)43)34-24-29(25-39-40(34)33-19-10-12-23-38(33)46-39)42-44-36(27-14-5-3-6-15-27)26-37(45-42)28-16-7-4-8-17-28/h3-26H,1-2H3. The normalized spacial score (nSPS) is 13.2. The van der Waals surface area contributed by atoms with E-state index in [1.54, 1.807) is 0 Å². The van der Waals surface area contributed by atoms with Gasteiger partial charge >= 0.3 is 0 Å². The van der Waals surface area contributed by atoms with Crippen molar-refractivity contribution in [2.24, 2.45) is 0 Å². The Balaban J connectivity index is 1.35. The maximum absolute atomic E-state index is 6.58.